The number of aromatic nitrogens is 2. The Labute approximate surface area is 161 Å². The SMILES string of the molecule is C#CCC(/C=C(\C)Cc1nnc(C(N)Cc2ccccc2)o1)=C\C=C/C=C. The molecule has 2 N–H and O–H groups in total. The highest BCUT2D eigenvalue weighted by molar-refractivity contribution is 5.31. The quantitative estimate of drug-likeness (QED) is 0.529. The van der Waals surface area contributed by atoms with E-state index in [-0.39, 0.29) is 6.04 Å². The maximum atomic E-state index is 6.20. The number of terminal acetylenes is 1. The third-order valence-corrected chi connectivity index (χ3v) is 3.82. The molecule has 0 saturated carbocycles. The van der Waals surface area contributed by atoms with Gasteiger partial charge in [0.1, 0.15) is 0 Å². The fourth-order valence-electron chi connectivity index (χ4n) is 2.58. The lowest BCUT2D eigenvalue weighted by Crippen LogP contribution is -2.13. The van der Waals surface area contributed by atoms with Crippen LogP contribution in [0, 0.1) is 12.3 Å². The monoisotopic (exact) mass is 359 g/mol. The molecule has 1 atom stereocenters. The Morgan fingerprint density at radius 3 is 2.78 bits per heavy atom. The van der Waals surface area contributed by atoms with Crippen LogP contribution in [0.4, 0.5) is 0 Å². The summed E-state index contributed by atoms with van der Waals surface area (Å²) < 4.78 is 5.75. The summed E-state index contributed by atoms with van der Waals surface area (Å²) in [5, 5.41) is 8.23. The van der Waals surface area contributed by atoms with Gasteiger partial charge in [0.2, 0.25) is 11.8 Å². The summed E-state index contributed by atoms with van der Waals surface area (Å²) in [6.07, 6.45) is 16.7. The van der Waals surface area contributed by atoms with E-state index in [1.54, 1.807) is 6.08 Å². The van der Waals surface area contributed by atoms with Crippen LogP contribution in [0.1, 0.15) is 36.7 Å². The van der Waals surface area contributed by atoms with E-state index < -0.39 is 0 Å². The maximum absolute atomic E-state index is 6.20. The molecule has 0 aliphatic rings. The van der Waals surface area contributed by atoms with E-state index in [1.807, 2.05) is 61.6 Å². The molecule has 1 aromatic carbocycles. The van der Waals surface area contributed by atoms with Gasteiger partial charge in [0.15, 0.2) is 0 Å². The lowest BCUT2D eigenvalue weighted by Gasteiger charge is -2.06. The van der Waals surface area contributed by atoms with Crippen molar-refractivity contribution in [3.8, 4) is 12.3 Å². The van der Waals surface area contributed by atoms with Crippen LogP contribution < -0.4 is 5.73 Å². The van der Waals surface area contributed by atoms with Gasteiger partial charge >= 0.3 is 0 Å². The van der Waals surface area contributed by atoms with Crippen molar-refractivity contribution in [2.75, 3.05) is 0 Å². The Morgan fingerprint density at radius 2 is 2.07 bits per heavy atom. The van der Waals surface area contributed by atoms with Crippen LogP contribution in [0.2, 0.25) is 0 Å². The molecule has 4 nitrogen and oxygen atoms in total. The molecule has 0 bridgehead atoms. The largest absolute Gasteiger partial charge is 0.423 e. The molecule has 0 radical (unpaired) electrons. The van der Waals surface area contributed by atoms with Crippen molar-refractivity contribution < 1.29 is 4.42 Å². The highest BCUT2D eigenvalue weighted by Crippen LogP contribution is 2.17. The Hall–Kier alpha value is -3.16. The van der Waals surface area contributed by atoms with Crippen LogP contribution in [-0.2, 0) is 12.8 Å². The molecule has 0 fully saturated rings. The van der Waals surface area contributed by atoms with Gasteiger partial charge in [-0.05, 0) is 24.5 Å². The highest BCUT2D eigenvalue weighted by atomic mass is 16.4. The van der Waals surface area contributed by atoms with Crippen molar-refractivity contribution in [2.45, 2.75) is 32.2 Å². The summed E-state index contributed by atoms with van der Waals surface area (Å²) in [6, 6.07) is 9.69. The highest BCUT2D eigenvalue weighted by Gasteiger charge is 2.15. The predicted molar refractivity (Wildman–Crippen MR) is 110 cm³/mol. The molecule has 1 aromatic heterocycles. The van der Waals surface area contributed by atoms with Gasteiger partial charge in [-0.3, -0.25) is 0 Å². The van der Waals surface area contributed by atoms with Gasteiger partial charge in [-0.25, -0.2) is 0 Å². The molecule has 1 unspecified atom stereocenters. The summed E-state index contributed by atoms with van der Waals surface area (Å²) in [5.74, 6) is 3.66. The molecule has 1 heterocycles. The summed E-state index contributed by atoms with van der Waals surface area (Å²) in [5.41, 5.74) is 9.45. The average Bonchev–Trinajstić information content (AvgIpc) is 3.11. The lowest BCUT2D eigenvalue weighted by atomic mass is 10.1. The third-order valence-electron chi connectivity index (χ3n) is 3.82. The number of nitrogens with two attached hydrogens (primary N) is 1. The molecule has 138 valence electrons. The summed E-state index contributed by atoms with van der Waals surface area (Å²) in [7, 11) is 0. The second-order valence-electron chi connectivity index (χ2n) is 6.24. The normalized spacial score (nSPS) is 13.5. The van der Waals surface area contributed by atoms with Gasteiger partial charge in [0, 0.05) is 12.8 Å². The first-order valence-corrected chi connectivity index (χ1v) is 8.83. The molecular formula is C23H25N3O. The number of hydrogen-bond donors (Lipinski definition) is 1. The zero-order chi connectivity index (χ0) is 19.5. The summed E-state index contributed by atoms with van der Waals surface area (Å²) in [6.45, 7) is 5.66. The van der Waals surface area contributed by atoms with E-state index >= 15 is 0 Å². The van der Waals surface area contributed by atoms with Crippen molar-refractivity contribution in [3.05, 3.63) is 95.8 Å². The maximum Gasteiger partial charge on any atom is 0.233 e. The van der Waals surface area contributed by atoms with E-state index in [9.17, 15) is 0 Å². The molecule has 0 aliphatic heterocycles. The molecule has 2 rings (SSSR count). The first-order valence-electron chi connectivity index (χ1n) is 8.83. The Balaban J connectivity index is 2.03. The van der Waals surface area contributed by atoms with Crippen LogP contribution in [0.3, 0.4) is 0 Å². The fraction of sp³-hybridized carbons (Fsp3) is 0.217. The summed E-state index contributed by atoms with van der Waals surface area (Å²) >= 11 is 0. The van der Waals surface area contributed by atoms with Crippen molar-refractivity contribution in [2.24, 2.45) is 5.73 Å². The van der Waals surface area contributed by atoms with E-state index in [4.69, 9.17) is 16.6 Å². The van der Waals surface area contributed by atoms with E-state index in [0.717, 1.165) is 16.7 Å². The number of benzene rings is 1. The van der Waals surface area contributed by atoms with E-state index in [1.165, 1.54) is 0 Å². The number of nitrogens with zero attached hydrogens (tertiary/aromatic N) is 2. The van der Waals surface area contributed by atoms with Gasteiger partial charge < -0.3 is 10.2 Å². The smallest absolute Gasteiger partial charge is 0.233 e. The molecular weight excluding hydrogens is 334 g/mol. The van der Waals surface area contributed by atoms with Crippen molar-refractivity contribution in [1.82, 2.24) is 10.2 Å². The van der Waals surface area contributed by atoms with Crippen LogP contribution in [0.25, 0.3) is 0 Å². The lowest BCUT2D eigenvalue weighted by molar-refractivity contribution is 0.421. The minimum Gasteiger partial charge on any atom is -0.423 e. The molecule has 4 heteroatoms. The van der Waals surface area contributed by atoms with Crippen molar-refractivity contribution in [3.63, 3.8) is 0 Å². The molecule has 0 aliphatic carbocycles. The Kier molecular flexibility index (Phi) is 8.02. The minimum absolute atomic E-state index is 0.320. The zero-order valence-electron chi connectivity index (χ0n) is 15.6. The Morgan fingerprint density at radius 1 is 1.30 bits per heavy atom. The van der Waals surface area contributed by atoms with Gasteiger partial charge in [-0.2, -0.15) is 0 Å². The zero-order valence-corrected chi connectivity index (χ0v) is 15.6. The second kappa shape index (κ2) is 10.7. The standard InChI is InChI=1S/C23H25N3O/c1-4-6-8-12-19(11-5-2)15-18(3)16-22-25-26-23(27-22)21(24)17-20-13-9-7-10-14-20/h2,4,6-10,12-15,21H,1,11,16-17,24H2,3H3/b8-6-,18-15+,19-12+. The summed E-state index contributed by atoms with van der Waals surface area (Å²) in [4.78, 5) is 0. The topological polar surface area (TPSA) is 64.9 Å². The third kappa shape index (κ3) is 6.93. The first kappa shape index (κ1) is 20.2. The van der Waals surface area contributed by atoms with Crippen molar-refractivity contribution >= 4 is 0 Å². The van der Waals surface area contributed by atoms with Gasteiger partial charge in [-0.1, -0.05) is 72.9 Å². The molecule has 0 saturated heterocycles. The van der Waals surface area contributed by atoms with Gasteiger partial charge in [-0.15, -0.1) is 22.5 Å². The van der Waals surface area contributed by atoms with Crippen LogP contribution >= 0.6 is 0 Å². The molecule has 27 heavy (non-hydrogen) atoms. The Bertz CT molecular complexity index is 867. The second-order valence-corrected chi connectivity index (χ2v) is 6.24. The van der Waals surface area contributed by atoms with Crippen molar-refractivity contribution in [1.29, 1.82) is 0 Å². The minimum atomic E-state index is -0.320. The number of hydrogen-bond acceptors (Lipinski definition) is 4. The predicted octanol–water partition coefficient (Wildman–Crippen LogP) is 4.49. The average molecular weight is 359 g/mol. The molecule has 0 amide bonds. The molecule has 0 spiro atoms. The van der Waals surface area contributed by atoms with E-state index in [0.29, 0.717) is 31.0 Å². The number of allylic oxidation sites excluding steroid dienone is 7. The van der Waals surface area contributed by atoms with Crippen LogP contribution in [0.15, 0.2) is 82.9 Å². The molecule has 2 aromatic rings. The van der Waals surface area contributed by atoms with Gasteiger partial charge in [0.25, 0.3) is 0 Å². The van der Waals surface area contributed by atoms with Gasteiger partial charge in [0.05, 0.1) is 6.04 Å². The number of rotatable bonds is 9. The first-order chi connectivity index (χ1) is 13.1. The van der Waals surface area contributed by atoms with E-state index in [2.05, 4.69) is 22.7 Å². The fourth-order valence-corrected chi connectivity index (χ4v) is 2.58. The van der Waals surface area contributed by atoms with Crippen LogP contribution in [-0.4, -0.2) is 10.2 Å². The van der Waals surface area contributed by atoms with Crippen LogP contribution in [0.5, 0.6) is 0 Å².